The molecule has 15 heavy (non-hydrogen) atoms. The molecule has 0 saturated carbocycles. The van der Waals surface area contributed by atoms with Gasteiger partial charge >= 0.3 is 0 Å². The number of nitrogens with one attached hydrogen (secondary N) is 1. The summed E-state index contributed by atoms with van der Waals surface area (Å²) in [7, 11) is 0. The summed E-state index contributed by atoms with van der Waals surface area (Å²) < 4.78 is 0. The Balaban J connectivity index is 2.37. The second-order valence-electron chi connectivity index (χ2n) is 4.78. The Kier molecular flexibility index (Phi) is 3.11. The van der Waals surface area contributed by atoms with E-state index in [1.807, 2.05) is 0 Å². The lowest BCUT2D eigenvalue weighted by Gasteiger charge is -2.31. The van der Waals surface area contributed by atoms with Crippen molar-refractivity contribution in [3.05, 3.63) is 34.9 Å². The van der Waals surface area contributed by atoms with Gasteiger partial charge in [-0.25, -0.2) is 0 Å². The molecule has 0 aliphatic carbocycles. The van der Waals surface area contributed by atoms with Crippen LogP contribution in [0.3, 0.4) is 0 Å². The SMILES string of the molecule is CCCC1NCC(C)c2ccc(C)cc21. The number of benzene rings is 1. The van der Waals surface area contributed by atoms with Crippen LogP contribution in [0.5, 0.6) is 0 Å². The molecule has 0 fully saturated rings. The Morgan fingerprint density at radius 3 is 2.87 bits per heavy atom. The second kappa shape index (κ2) is 4.36. The molecule has 0 aromatic heterocycles. The van der Waals surface area contributed by atoms with Gasteiger partial charge in [-0.15, -0.1) is 0 Å². The highest BCUT2D eigenvalue weighted by Gasteiger charge is 2.23. The van der Waals surface area contributed by atoms with E-state index in [1.165, 1.54) is 24.0 Å². The first-order chi connectivity index (χ1) is 7.22. The summed E-state index contributed by atoms with van der Waals surface area (Å²) in [6, 6.07) is 7.50. The predicted molar refractivity (Wildman–Crippen MR) is 65.2 cm³/mol. The first kappa shape index (κ1) is 10.7. The smallest absolute Gasteiger partial charge is 0.0323 e. The molecule has 1 aliphatic heterocycles. The van der Waals surface area contributed by atoms with Crippen LogP contribution in [-0.2, 0) is 0 Å². The minimum Gasteiger partial charge on any atom is -0.309 e. The summed E-state index contributed by atoms with van der Waals surface area (Å²) >= 11 is 0. The predicted octanol–water partition coefficient (Wildman–Crippen LogP) is 3.54. The maximum atomic E-state index is 3.65. The number of aryl methyl sites for hydroxylation is 1. The van der Waals surface area contributed by atoms with Crippen LogP contribution >= 0.6 is 0 Å². The normalized spacial score (nSPS) is 25.0. The molecule has 1 nitrogen and oxygen atoms in total. The monoisotopic (exact) mass is 203 g/mol. The number of hydrogen-bond acceptors (Lipinski definition) is 1. The van der Waals surface area contributed by atoms with Crippen molar-refractivity contribution < 1.29 is 0 Å². The van der Waals surface area contributed by atoms with Gasteiger partial charge in [0.1, 0.15) is 0 Å². The average molecular weight is 203 g/mol. The van der Waals surface area contributed by atoms with Crippen molar-refractivity contribution in [3.63, 3.8) is 0 Å². The molecule has 1 heteroatoms. The van der Waals surface area contributed by atoms with Gasteiger partial charge in [-0.2, -0.15) is 0 Å². The maximum absolute atomic E-state index is 3.65. The van der Waals surface area contributed by atoms with Crippen LogP contribution in [0.25, 0.3) is 0 Å². The van der Waals surface area contributed by atoms with Crippen LogP contribution in [0, 0.1) is 6.92 Å². The van der Waals surface area contributed by atoms with Crippen molar-refractivity contribution >= 4 is 0 Å². The molecule has 1 heterocycles. The summed E-state index contributed by atoms with van der Waals surface area (Å²) in [5.41, 5.74) is 4.47. The Morgan fingerprint density at radius 2 is 2.13 bits per heavy atom. The van der Waals surface area contributed by atoms with Gasteiger partial charge in [0.05, 0.1) is 0 Å². The molecule has 1 aliphatic rings. The Morgan fingerprint density at radius 1 is 1.33 bits per heavy atom. The molecular weight excluding hydrogens is 182 g/mol. The van der Waals surface area contributed by atoms with E-state index in [4.69, 9.17) is 0 Å². The number of fused-ring (bicyclic) bond motifs is 1. The van der Waals surface area contributed by atoms with Crippen LogP contribution in [0.2, 0.25) is 0 Å². The summed E-state index contributed by atoms with van der Waals surface area (Å²) in [4.78, 5) is 0. The minimum absolute atomic E-state index is 0.584. The summed E-state index contributed by atoms with van der Waals surface area (Å²) in [5.74, 6) is 0.661. The van der Waals surface area contributed by atoms with Gasteiger partial charge in [-0.05, 0) is 30.4 Å². The third-order valence-electron chi connectivity index (χ3n) is 3.40. The molecule has 82 valence electrons. The zero-order valence-electron chi connectivity index (χ0n) is 10.0. The van der Waals surface area contributed by atoms with Gasteiger partial charge in [0.15, 0.2) is 0 Å². The zero-order valence-corrected chi connectivity index (χ0v) is 10.0. The first-order valence-electron chi connectivity index (χ1n) is 6.06. The zero-order chi connectivity index (χ0) is 10.8. The Labute approximate surface area is 92.9 Å². The molecule has 2 atom stereocenters. The molecule has 1 aromatic carbocycles. The van der Waals surface area contributed by atoms with Crippen molar-refractivity contribution in [1.82, 2.24) is 5.32 Å². The van der Waals surface area contributed by atoms with Crippen LogP contribution in [-0.4, -0.2) is 6.54 Å². The van der Waals surface area contributed by atoms with Crippen LogP contribution < -0.4 is 5.32 Å². The fraction of sp³-hybridized carbons (Fsp3) is 0.571. The van der Waals surface area contributed by atoms with Gasteiger partial charge in [0.25, 0.3) is 0 Å². The van der Waals surface area contributed by atoms with Crippen molar-refractivity contribution in [3.8, 4) is 0 Å². The number of rotatable bonds is 2. The minimum atomic E-state index is 0.584. The molecule has 1 N–H and O–H groups in total. The second-order valence-corrected chi connectivity index (χ2v) is 4.78. The number of hydrogen-bond donors (Lipinski definition) is 1. The summed E-state index contributed by atoms with van der Waals surface area (Å²) in [5, 5.41) is 3.65. The van der Waals surface area contributed by atoms with Crippen molar-refractivity contribution in [2.75, 3.05) is 6.54 Å². The van der Waals surface area contributed by atoms with E-state index in [0.717, 1.165) is 6.54 Å². The van der Waals surface area contributed by atoms with Gasteiger partial charge in [0.2, 0.25) is 0 Å². The highest BCUT2D eigenvalue weighted by atomic mass is 14.9. The topological polar surface area (TPSA) is 12.0 Å². The molecule has 1 aromatic rings. The lowest BCUT2D eigenvalue weighted by atomic mass is 9.85. The van der Waals surface area contributed by atoms with Gasteiger partial charge in [-0.3, -0.25) is 0 Å². The highest BCUT2D eigenvalue weighted by molar-refractivity contribution is 5.38. The molecule has 0 bridgehead atoms. The molecule has 0 radical (unpaired) electrons. The van der Waals surface area contributed by atoms with E-state index in [1.54, 1.807) is 5.56 Å². The van der Waals surface area contributed by atoms with Gasteiger partial charge < -0.3 is 5.32 Å². The fourth-order valence-electron chi connectivity index (χ4n) is 2.53. The molecular formula is C14H21N. The van der Waals surface area contributed by atoms with Crippen molar-refractivity contribution in [1.29, 1.82) is 0 Å². The molecule has 0 amide bonds. The lowest BCUT2D eigenvalue weighted by Crippen LogP contribution is -2.32. The molecule has 2 rings (SSSR count). The van der Waals surface area contributed by atoms with E-state index in [9.17, 15) is 0 Å². The van der Waals surface area contributed by atoms with E-state index in [-0.39, 0.29) is 0 Å². The fourth-order valence-corrected chi connectivity index (χ4v) is 2.53. The van der Waals surface area contributed by atoms with E-state index < -0.39 is 0 Å². The van der Waals surface area contributed by atoms with E-state index in [0.29, 0.717) is 12.0 Å². The Hall–Kier alpha value is -0.820. The first-order valence-corrected chi connectivity index (χ1v) is 6.06. The third-order valence-corrected chi connectivity index (χ3v) is 3.40. The van der Waals surface area contributed by atoms with E-state index >= 15 is 0 Å². The highest BCUT2D eigenvalue weighted by Crippen LogP contribution is 2.32. The standard InChI is InChI=1S/C14H21N/c1-4-5-14-13-8-10(2)6-7-12(13)11(3)9-15-14/h6-8,11,14-15H,4-5,9H2,1-3H3. The van der Waals surface area contributed by atoms with Gasteiger partial charge in [0, 0.05) is 12.6 Å². The van der Waals surface area contributed by atoms with Crippen molar-refractivity contribution in [2.24, 2.45) is 0 Å². The van der Waals surface area contributed by atoms with E-state index in [2.05, 4.69) is 44.3 Å². The lowest BCUT2D eigenvalue weighted by molar-refractivity contribution is 0.441. The van der Waals surface area contributed by atoms with Crippen molar-refractivity contribution in [2.45, 2.75) is 45.6 Å². The Bertz CT molecular complexity index is 343. The average Bonchev–Trinajstić information content (AvgIpc) is 2.22. The quantitative estimate of drug-likeness (QED) is 0.775. The largest absolute Gasteiger partial charge is 0.309 e. The molecule has 0 saturated heterocycles. The summed E-state index contributed by atoms with van der Waals surface area (Å²) in [6.07, 6.45) is 2.50. The van der Waals surface area contributed by atoms with Gasteiger partial charge in [-0.1, -0.05) is 44.0 Å². The summed E-state index contributed by atoms with van der Waals surface area (Å²) in [6.45, 7) is 7.88. The molecule has 0 spiro atoms. The van der Waals surface area contributed by atoms with Crippen LogP contribution in [0.1, 0.15) is 55.3 Å². The molecule has 2 unspecified atom stereocenters. The maximum Gasteiger partial charge on any atom is 0.0323 e. The van der Waals surface area contributed by atoms with Crippen LogP contribution in [0.4, 0.5) is 0 Å². The third kappa shape index (κ3) is 2.07. The van der Waals surface area contributed by atoms with Crippen LogP contribution in [0.15, 0.2) is 18.2 Å².